The van der Waals surface area contributed by atoms with Crippen molar-refractivity contribution in [3.63, 3.8) is 0 Å². The lowest BCUT2D eigenvalue weighted by molar-refractivity contribution is 0.127. The van der Waals surface area contributed by atoms with E-state index in [9.17, 15) is 4.39 Å². The molecule has 0 amide bonds. The van der Waals surface area contributed by atoms with Crippen molar-refractivity contribution in [2.75, 3.05) is 25.4 Å². The lowest BCUT2D eigenvalue weighted by Gasteiger charge is -2.33. The predicted molar refractivity (Wildman–Crippen MR) is 133 cm³/mol. The number of fused-ring (bicyclic) bond motifs is 3. The number of rotatable bonds is 6. The Morgan fingerprint density at radius 3 is 2.37 bits per heavy atom. The summed E-state index contributed by atoms with van der Waals surface area (Å²) in [7, 11) is 0. The van der Waals surface area contributed by atoms with Crippen LogP contribution in [0.4, 0.5) is 10.2 Å². The number of pyridine rings is 1. The average molecular weight is 473 g/mol. The number of benzene rings is 1. The predicted octanol–water partition coefficient (Wildman–Crippen LogP) is 3.24. The van der Waals surface area contributed by atoms with E-state index in [2.05, 4.69) is 60.9 Å². The van der Waals surface area contributed by atoms with Crippen LogP contribution in [0.5, 0.6) is 0 Å². The lowest BCUT2D eigenvalue weighted by Crippen LogP contribution is -2.45. The summed E-state index contributed by atoms with van der Waals surface area (Å²) in [6, 6.07) is 11.5. The third-order valence-corrected chi connectivity index (χ3v) is 7.32. The Morgan fingerprint density at radius 2 is 1.69 bits per heavy atom. The number of halogens is 1. The number of likely N-dealkylation sites (N-methyl/N-ethyl adjacent to an activating group) is 1. The van der Waals surface area contributed by atoms with Gasteiger partial charge in [-0.1, -0.05) is 31.2 Å². The Kier molecular flexibility index (Phi) is 5.46. The average Bonchev–Trinajstić information content (AvgIpc) is 3.53. The van der Waals surface area contributed by atoms with Gasteiger partial charge in [0.15, 0.2) is 17.0 Å². The van der Waals surface area contributed by atoms with Crippen LogP contribution in [0.1, 0.15) is 30.3 Å². The molecule has 2 atom stereocenters. The summed E-state index contributed by atoms with van der Waals surface area (Å²) in [6.07, 6.45) is 4.07. The molecule has 3 aromatic heterocycles. The van der Waals surface area contributed by atoms with Crippen LogP contribution in [-0.2, 0) is 13.1 Å². The van der Waals surface area contributed by atoms with Gasteiger partial charge in [0, 0.05) is 43.5 Å². The van der Waals surface area contributed by atoms with Crippen LogP contribution in [0.25, 0.3) is 22.6 Å². The molecule has 35 heavy (non-hydrogen) atoms. The van der Waals surface area contributed by atoms with Gasteiger partial charge in [-0.2, -0.15) is 0 Å². The number of anilines is 1. The number of piperazine rings is 1. The molecule has 2 aliphatic heterocycles. The zero-order valence-corrected chi connectivity index (χ0v) is 20.0. The molecular formula is C26H29FN8. The molecule has 4 aromatic rings. The van der Waals surface area contributed by atoms with Crippen LogP contribution < -0.4 is 5.73 Å². The minimum atomic E-state index is -0.418. The summed E-state index contributed by atoms with van der Waals surface area (Å²) in [5, 5.41) is 0. The van der Waals surface area contributed by atoms with E-state index in [0.29, 0.717) is 52.8 Å². The molecule has 2 saturated heterocycles. The first-order chi connectivity index (χ1) is 17.0. The van der Waals surface area contributed by atoms with Gasteiger partial charge in [-0.3, -0.25) is 14.8 Å². The Hall–Kier alpha value is -3.43. The van der Waals surface area contributed by atoms with Gasteiger partial charge in [0.05, 0.1) is 12.7 Å². The molecule has 6 rings (SSSR count). The molecular weight excluding hydrogens is 443 g/mol. The molecule has 8 nitrogen and oxygen atoms in total. The highest BCUT2D eigenvalue weighted by Gasteiger charge is 2.42. The molecule has 0 aliphatic carbocycles. The van der Waals surface area contributed by atoms with E-state index in [0.717, 1.165) is 25.2 Å². The van der Waals surface area contributed by atoms with Crippen LogP contribution in [0.2, 0.25) is 0 Å². The number of imidazole rings is 1. The van der Waals surface area contributed by atoms with Crippen LogP contribution in [0.3, 0.4) is 0 Å². The molecule has 2 fully saturated rings. The molecule has 0 saturated carbocycles. The van der Waals surface area contributed by atoms with Crippen molar-refractivity contribution in [3.8, 4) is 11.4 Å². The van der Waals surface area contributed by atoms with E-state index in [1.165, 1.54) is 30.8 Å². The van der Waals surface area contributed by atoms with Crippen molar-refractivity contribution in [2.45, 2.75) is 45.4 Å². The Labute approximate surface area is 203 Å². The molecule has 2 N–H and O–H groups in total. The first-order valence-corrected chi connectivity index (χ1v) is 12.2. The zero-order chi connectivity index (χ0) is 24.1. The largest absolute Gasteiger partial charge is 0.382 e. The van der Waals surface area contributed by atoms with E-state index < -0.39 is 5.82 Å². The number of aromatic nitrogens is 5. The van der Waals surface area contributed by atoms with Gasteiger partial charge in [0.1, 0.15) is 17.5 Å². The third-order valence-electron chi connectivity index (χ3n) is 7.32. The van der Waals surface area contributed by atoms with Crippen molar-refractivity contribution in [1.82, 2.24) is 34.3 Å². The monoisotopic (exact) mass is 472 g/mol. The van der Waals surface area contributed by atoms with Crippen LogP contribution in [0.15, 0.2) is 42.7 Å². The number of aryl methyl sites for hydroxylation is 1. The first-order valence-electron chi connectivity index (χ1n) is 12.2. The Morgan fingerprint density at radius 1 is 0.971 bits per heavy atom. The summed E-state index contributed by atoms with van der Waals surface area (Å²) in [4.78, 5) is 22.8. The molecule has 2 aliphatic rings. The second-order valence-corrected chi connectivity index (χ2v) is 9.62. The smallest absolute Gasteiger partial charge is 0.166 e. The standard InChI is InChI=1S/C26H29FN8/c1-3-33-14-22-9-21(33)15-34(22)12-17-4-6-18(7-5-17)13-35-25(19-8-20(27)11-29-10-19)32-23-24(28)30-16(2)31-26(23)35/h4-8,10-11,21-22H,3,9,12-15H2,1-2H3,(H2,28,30,31)/t21-,22-/m0/s1. The van der Waals surface area contributed by atoms with Crippen molar-refractivity contribution >= 4 is 17.0 Å². The van der Waals surface area contributed by atoms with E-state index >= 15 is 0 Å². The third kappa shape index (κ3) is 4.04. The Bertz CT molecular complexity index is 1380. The lowest BCUT2D eigenvalue weighted by atomic mass is 10.1. The fourth-order valence-corrected chi connectivity index (χ4v) is 5.62. The van der Waals surface area contributed by atoms with Crippen molar-refractivity contribution in [1.29, 1.82) is 0 Å². The normalized spacial score (nSPS) is 20.3. The van der Waals surface area contributed by atoms with Crippen molar-refractivity contribution < 1.29 is 4.39 Å². The van der Waals surface area contributed by atoms with Crippen molar-refractivity contribution in [2.24, 2.45) is 0 Å². The number of likely N-dealkylation sites (tertiary alicyclic amines) is 2. The second kappa shape index (κ2) is 8.66. The minimum Gasteiger partial charge on any atom is -0.382 e. The van der Waals surface area contributed by atoms with Gasteiger partial charge in [0.2, 0.25) is 0 Å². The van der Waals surface area contributed by atoms with Gasteiger partial charge in [-0.25, -0.2) is 19.3 Å². The van der Waals surface area contributed by atoms with E-state index in [1.807, 2.05) is 4.57 Å². The number of nitrogens with zero attached hydrogens (tertiary/aromatic N) is 7. The van der Waals surface area contributed by atoms with Gasteiger partial charge in [-0.05, 0) is 37.1 Å². The molecule has 0 unspecified atom stereocenters. The molecule has 180 valence electrons. The molecule has 1 aromatic carbocycles. The summed E-state index contributed by atoms with van der Waals surface area (Å²) < 4.78 is 15.9. The van der Waals surface area contributed by atoms with Gasteiger partial charge in [-0.15, -0.1) is 0 Å². The topological polar surface area (TPSA) is 89.0 Å². The number of nitrogen functional groups attached to an aromatic ring is 1. The number of hydrogen-bond acceptors (Lipinski definition) is 7. The molecule has 2 bridgehead atoms. The second-order valence-electron chi connectivity index (χ2n) is 9.62. The van der Waals surface area contributed by atoms with E-state index in [4.69, 9.17) is 5.73 Å². The highest BCUT2D eigenvalue weighted by Crippen LogP contribution is 2.32. The van der Waals surface area contributed by atoms with E-state index in [-0.39, 0.29) is 0 Å². The maximum absolute atomic E-state index is 14.0. The first kappa shape index (κ1) is 22.1. The summed E-state index contributed by atoms with van der Waals surface area (Å²) in [6.45, 7) is 9.06. The van der Waals surface area contributed by atoms with Crippen molar-refractivity contribution in [3.05, 3.63) is 65.5 Å². The van der Waals surface area contributed by atoms with Gasteiger partial charge < -0.3 is 10.3 Å². The van der Waals surface area contributed by atoms with Crippen LogP contribution >= 0.6 is 0 Å². The molecule has 0 spiro atoms. The molecule has 9 heteroatoms. The Balaban J connectivity index is 1.28. The number of hydrogen-bond donors (Lipinski definition) is 1. The van der Waals surface area contributed by atoms with Crippen LogP contribution in [0, 0.1) is 12.7 Å². The number of nitrogens with two attached hydrogens (primary N) is 1. The van der Waals surface area contributed by atoms with E-state index in [1.54, 1.807) is 13.1 Å². The zero-order valence-electron chi connectivity index (χ0n) is 20.0. The fraction of sp³-hybridized carbons (Fsp3) is 0.385. The van der Waals surface area contributed by atoms with Gasteiger partial charge >= 0.3 is 0 Å². The summed E-state index contributed by atoms with van der Waals surface area (Å²) in [5.41, 5.74) is 10.3. The highest BCUT2D eigenvalue weighted by atomic mass is 19.1. The summed E-state index contributed by atoms with van der Waals surface area (Å²) in [5.74, 6) is 1.03. The maximum atomic E-state index is 14.0. The summed E-state index contributed by atoms with van der Waals surface area (Å²) >= 11 is 0. The highest BCUT2D eigenvalue weighted by molar-refractivity contribution is 5.85. The fourth-order valence-electron chi connectivity index (χ4n) is 5.62. The quantitative estimate of drug-likeness (QED) is 0.461. The maximum Gasteiger partial charge on any atom is 0.166 e. The van der Waals surface area contributed by atoms with Crippen LogP contribution in [-0.4, -0.2) is 66.0 Å². The van der Waals surface area contributed by atoms with Gasteiger partial charge in [0.25, 0.3) is 0 Å². The molecule has 5 heterocycles. The molecule has 0 radical (unpaired) electrons. The minimum absolute atomic E-state index is 0.314. The SMILES string of the molecule is CCN1C[C@@H]2C[C@H]1CN2Cc1ccc(Cn2c(-c3cncc(F)c3)nc3c(N)nc(C)nc32)cc1.